The zero-order chi connectivity index (χ0) is 16.8. The maximum atomic E-state index is 12.8. The summed E-state index contributed by atoms with van der Waals surface area (Å²) in [5.74, 6) is -0.830. The van der Waals surface area contributed by atoms with Gasteiger partial charge in [0.2, 0.25) is 5.91 Å². The van der Waals surface area contributed by atoms with E-state index in [4.69, 9.17) is 17.3 Å². The van der Waals surface area contributed by atoms with Crippen molar-refractivity contribution in [1.82, 2.24) is 15.0 Å². The van der Waals surface area contributed by atoms with Crippen molar-refractivity contribution < 1.29 is 9.59 Å². The molecule has 0 radical (unpaired) electrons. The minimum Gasteiger partial charge on any atom is -0.368 e. The topological polar surface area (TPSA) is 94.1 Å². The quantitative estimate of drug-likeness (QED) is 0.917. The van der Waals surface area contributed by atoms with Crippen LogP contribution >= 0.6 is 11.6 Å². The average Bonchev–Trinajstić information content (AvgIpc) is 3.01. The van der Waals surface area contributed by atoms with Crippen molar-refractivity contribution in [3.05, 3.63) is 40.7 Å². The number of anilines is 1. The smallest absolute Gasteiger partial charge is 0.280 e. The van der Waals surface area contributed by atoms with Crippen molar-refractivity contribution in [3.63, 3.8) is 0 Å². The molecule has 2 heterocycles. The molecule has 8 heteroatoms. The molecule has 2 N–H and O–H groups in total. The molecule has 1 aliphatic heterocycles. The van der Waals surface area contributed by atoms with E-state index in [-0.39, 0.29) is 23.6 Å². The Morgan fingerprint density at radius 2 is 2.13 bits per heavy atom. The molecule has 0 saturated heterocycles. The van der Waals surface area contributed by atoms with Crippen LogP contribution in [-0.4, -0.2) is 33.4 Å². The van der Waals surface area contributed by atoms with Crippen LogP contribution in [0.3, 0.4) is 0 Å². The second-order valence-electron chi connectivity index (χ2n) is 6.18. The lowest BCUT2D eigenvalue weighted by Crippen LogP contribution is -2.34. The van der Waals surface area contributed by atoms with E-state index in [1.54, 1.807) is 4.90 Å². The van der Waals surface area contributed by atoms with Crippen molar-refractivity contribution in [2.45, 2.75) is 25.8 Å². The molecule has 2 aromatic rings. The number of halogens is 1. The molecule has 1 aromatic carbocycles. The van der Waals surface area contributed by atoms with E-state index in [2.05, 4.69) is 10.3 Å². The van der Waals surface area contributed by atoms with Gasteiger partial charge in [0.1, 0.15) is 6.54 Å². The summed E-state index contributed by atoms with van der Waals surface area (Å²) in [6.45, 7) is 4.45. The van der Waals surface area contributed by atoms with E-state index in [1.807, 2.05) is 32.0 Å². The van der Waals surface area contributed by atoms with E-state index in [0.29, 0.717) is 11.6 Å². The monoisotopic (exact) mass is 333 g/mol. The standard InChI is InChI=1S/C15H16ClN5O2/c1-15(2)8-21(11-5-3-4-9(16)13(11)15)14(23)10-6-20(19-18-10)7-12(17)22/h3-6H,7-8H2,1-2H3,(H2,17,22). The van der Waals surface area contributed by atoms with Gasteiger partial charge in [-0.05, 0) is 12.1 Å². The number of hydrogen-bond donors (Lipinski definition) is 1. The minimum atomic E-state index is -0.548. The number of rotatable bonds is 3. The molecular formula is C15H16ClN5O2. The molecule has 3 rings (SSSR count). The summed E-state index contributed by atoms with van der Waals surface area (Å²) in [5, 5.41) is 8.23. The fourth-order valence-corrected chi connectivity index (χ4v) is 3.35. The largest absolute Gasteiger partial charge is 0.368 e. The van der Waals surface area contributed by atoms with E-state index in [1.165, 1.54) is 10.9 Å². The normalized spacial score (nSPS) is 15.5. The van der Waals surface area contributed by atoms with Crippen LogP contribution in [0.2, 0.25) is 5.02 Å². The molecule has 0 spiro atoms. The first-order valence-corrected chi connectivity index (χ1v) is 7.47. The number of carbonyl (C=O) groups excluding carboxylic acids is 2. The van der Waals surface area contributed by atoms with Gasteiger partial charge in [-0.2, -0.15) is 0 Å². The first-order chi connectivity index (χ1) is 10.8. The van der Waals surface area contributed by atoms with Gasteiger partial charge in [-0.3, -0.25) is 9.59 Å². The molecule has 1 aliphatic rings. The lowest BCUT2D eigenvalue weighted by atomic mass is 9.87. The SMILES string of the molecule is CC1(C)CN(C(=O)c2cn(CC(N)=O)nn2)c2cccc(Cl)c21. The first-order valence-electron chi connectivity index (χ1n) is 7.09. The van der Waals surface area contributed by atoms with Gasteiger partial charge in [0.25, 0.3) is 5.91 Å². The zero-order valence-electron chi connectivity index (χ0n) is 12.8. The van der Waals surface area contributed by atoms with Gasteiger partial charge in [-0.1, -0.05) is 36.7 Å². The fourth-order valence-electron chi connectivity index (χ4n) is 2.92. The molecule has 2 amide bonds. The van der Waals surface area contributed by atoms with Gasteiger partial charge in [0, 0.05) is 28.2 Å². The van der Waals surface area contributed by atoms with Crippen LogP contribution in [0.25, 0.3) is 0 Å². The Labute approximate surface area is 138 Å². The van der Waals surface area contributed by atoms with E-state index >= 15 is 0 Å². The van der Waals surface area contributed by atoms with Crippen LogP contribution in [0.15, 0.2) is 24.4 Å². The molecule has 23 heavy (non-hydrogen) atoms. The van der Waals surface area contributed by atoms with Crippen molar-refractivity contribution in [1.29, 1.82) is 0 Å². The van der Waals surface area contributed by atoms with Crippen LogP contribution in [0.4, 0.5) is 5.69 Å². The van der Waals surface area contributed by atoms with Gasteiger partial charge < -0.3 is 10.6 Å². The number of amides is 2. The van der Waals surface area contributed by atoms with Gasteiger partial charge >= 0.3 is 0 Å². The average molecular weight is 334 g/mol. The Bertz CT molecular complexity index is 799. The summed E-state index contributed by atoms with van der Waals surface area (Å²) in [6, 6.07) is 5.49. The second kappa shape index (κ2) is 5.34. The lowest BCUT2D eigenvalue weighted by Gasteiger charge is -2.20. The predicted molar refractivity (Wildman–Crippen MR) is 85.4 cm³/mol. The minimum absolute atomic E-state index is 0.117. The van der Waals surface area contributed by atoms with Crippen LogP contribution in [-0.2, 0) is 16.8 Å². The lowest BCUT2D eigenvalue weighted by molar-refractivity contribution is -0.118. The number of aromatic nitrogens is 3. The molecule has 0 fully saturated rings. The Balaban J connectivity index is 1.94. The number of hydrogen-bond acceptors (Lipinski definition) is 4. The molecule has 7 nitrogen and oxygen atoms in total. The number of fused-ring (bicyclic) bond motifs is 1. The molecule has 120 valence electrons. The van der Waals surface area contributed by atoms with Crippen LogP contribution in [0.5, 0.6) is 0 Å². The van der Waals surface area contributed by atoms with Gasteiger partial charge in [-0.15, -0.1) is 5.10 Å². The van der Waals surface area contributed by atoms with Gasteiger partial charge in [-0.25, -0.2) is 4.68 Å². The van der Waals surface area contributed by atoms with E-state index < -0.39 is 5.91 Å². The molecule has 0 atom stereocenters. The Hall–Kier alpha value is -2.41. The van der Waals surface area contributed by atoms with Crippen LogP contribution in [0, 0.1) is 0 Å². The third-order valence-corrected chi connectivity index (χ3v) is 4.15. The number of carbonyl (C=O) groups is 2. The second-order valence-corrected chi connectivity index (χ2v) is 6.58. The van der Waals surface area contributed by atoms with E-state index in [9.17, 15) is 9.59 Å². The molecule has 0 bridgehead atoms. The summed E-state index contributed by atoms with van der Waals surface area (Å²) < 4.78 is 1.25. The first kappa shape index (κ1) is 15.5. The van der Waals surface area contributed by atoms with Crippen molar-refractivity contribution >= 4 is 29.1 Å². The number of primary amides is 1. The fraction of sp³-hybridized carbons (Fsp3) is 0.333. The summed E-state index contributed by atoms with van der Waals surface area (Å²) in [6.07, 6.45) is 1.42. The maximum Gasteiger partial charge on any atom is 0.280 e. The highest BCUT2D eigenvalue weighted by Crippen LogP contribution is 2.44. The molecule has 0 aliphatic carbocycles. The van der Waals surface area contributed by atoms with Crippen molar-refractivity contribution in [2.24, 2.45) is 5.73 Å². The van der Waals surface area contributed by atoms with Crippen molar-refractivity contribution in [2.75, 3.05) is 11.4 Å². The molecule has 0 unspecified atom stereocenters. The summed E-state index contributed by atoms with van der Waals surface area (Å²) in [4.78, 5) is 25.3. The van der Waals surface area contributed by atoms with Crippen molar-refractivity contribution in [3.8, 4) is 0 Å². The Kier molecular flexibility index (Phi) is 3.60. The summed E-state index contributed by atoms with van der Waals surface area (Å²) in [7, 11) is 0. The molecular weight excluding hydrogens is 318 g/mol. The Morgan fingerprint density at radius 3 is 2.83 bits per heavy atom. The zero-order valence-corrected chi connectivity index (χ0v) is 13.5. The third-order valence-electron chi connectivity index (χ3n) is 3.83. The number of benzene rings is 1. The summed E-state index contributed by atoms with van der Waals surface area (Å²) >= 11 is 6.31. The van der Waals surface area contributed by atoms with Crippen LogP contribution < -0.4 is 10.6 Å². The highest BCUT2D eigenvalue weighted by Gasteiger charge is 2.40. The highest BCUT2D eigenvalue weighted by atomic mass is 35.5. The predicted octanol–water partition coefficient (Wildman–Crippen LogP) is 1.35. The third kappa shape index (κ3) is 2.68. The molecule has 0 saturated carbocycles. The number of nitrogens with zero attached hydrogens (tertiary/aromatic N) is 4. The number of nitrogens with two attached hydrogens (primary N) is 1. The highest BCUT2D eigenvalue weighted by molar-refractivity contribution is 6.32. The van der Waals surface area contributed by atoms with Crippen LogP contribution in [0.1, 0.15) is 29.9 Å². The van der Waals surface area contributed by atoms with E-state index in [0.717, 1.165) is 11.3 Å². The maximum absolute atomic E-state index is 12.8. The van der Waals surface area contributed by atoms with Gasteiger partial charge in [0.05, 0.1) is 6.20 Å². The van der Waals surface area contributed by atoms with Gasteiger partial charge in [0.15, 0.2) is 5.69 Å². The Morgan fingerprint density at radius 1 is 1.39 bits per heavy atom. The molecule has 1 aromatic heterocycles. The summed E-state index contributed by atoms with van der Waals surface area (Å²) in [5.41, 5.74) is 6.73.